The maximum atomic E-state index is 14.8. The predicted octanol–water partition coefficient (Wildman–Crippen LogP) is 4.26. The monoisotopic (exact) mass is 437 g/mol. The number of aryl methyl sites for hydroxylation is 2. The summed E-state index contributed by atoms with van der Waals surface area (Å²) in [5.74, 6) is -1.47. The number of piperidine rings is 1. The summed E-state index contributed by atoms with van der Waals surface area (Å²) in [4.78, 5) is 29.1. The van der Waals surface area contributed by atoms with Crippen molar-refractivity contribution in [2.75, 3.05) is 22.9 Å². The number of rotatable bonds is 3. The molecule has 4 rings (SSSR count). The van der Waals surface area contributed by atoms with Gasteiger partial charge in [0.1, 0.15) is 11.4 Å². The second kappa shape index (κ2) is 8.59. The molecule has 2 aromatic rings. The minimum absolute atomic E-state index is 0.0347. The van der Waals surface area contributed by atoms with Crippen molar-refractivity contribution in [2.24, 2.45) is 0 Å². The average Bonchev–Trinajstić information content (AvgIpc) is 2.74. The van der Waals surface area contributed by atoms with Crippen molar-refractivity contribution in [3.8, 4) is 0 Å². The Morgan fingerprint density at radius 1 is 1.00 bits per heavy atom. The molecule has 2 saturated heterocycles. The number of carbonyl (C=O) groups is 2. The lowest BCUT2D eigenvalue weighted by atomic mass is 10.0. The molecule has 1 N–H and O–H groups in total. The third kappa shape index (κ3) is 4.23. The van der Waals surface area contributed by atoms with Crippen molar-refractivity contribution in [1.82, 2.24) is 5.32 Å². The molecule has 0 aromatic heterocycles. The number of nitrogens with zero attached hydrogens (tertiary/aromatic N) is 2. The average molecular weight is 438 g/mol. The molecule has 0 unspecified atom stereocenters. The van der Waals surface area contributed by atoms with Crippen molar-refractivity contribution >= 4 is 46.6 Å². The lowest BCUT2D eigenvalue weighted by Gasteiger charge is -2.30. The van der Waals surface area contributed by atoms with E-state index in [1.165, 1.54) is 17.0 Å². The van der Waals surface area contributed by atoms with E-state index in [0.29, 0.717) is 16.9 Å². The van der Waals surface area contributed by atoms with Crippen LogP contribution in [0.4, 0.5) is 15.8 Å². The standard InChI is InChI=1S/C24H24FN3O2S/c1-15-6-7-16(2)21(12-15)28-23(30)18(22(29)26-24(28)31)13-17-8-9-20(19(25)14-17)27-10-4-3-5-11-27/h6-9,12-14H,3-5,10-11H2,1-2H3,(H,26,29,31)/b18-13+. The van der Waals surface area contributed by atoms with Gasteiger partial charge in [0.2, 0.25) is 0 Å². The van der Waals surface area contributed by atoms with Crippen molar-refractivity contribution in [2.45, 2.75) is 33.1 Å². The van der Waals surface area contributed by atoms with Gasteiger partial charge < -0.3 is 4.90 Å². The van der Waals surface area contributed by atoms with E-state index in [-0.39, 0.29) is 16.5 Å². The molecule has 160 valence electrons. The molecule has 2 aliphatic rings. The molecule has 7 heteroatoms. The molecule has 0 saturated carbocycles. The molecule has 5 nitrogen and oxygen atoms in total. The quantitative estimate of drug-likeness (QED) is 0.443. The van der Waals surface area contributed by atoms with E-state index in [9.17, 15) is 14.0 Å². The van der Waals surface area contributed by atoms with Gasteiger partial charge in [-0.15, -0.1) is 0 Å². The third-order valence-corrected chi connectivity index (χ3v) is 5.97. The molecule has 0 radical (unpaired) electrons. The van der Waals surface area contributed by atoms with Crippen molar-refractivity contribution in [3.63, 3.8) is 0 Å². The van der Waals surface area contributed by atoms with Crippen molar-refractivity contribution in [3.05, 3.63) is 64.5 Å². The number of hydrogen-bond donors (Lipinski definition) is 1. The van der Waals surface area contributed by atoms with E-state index < -0.39 is 11.8 Å². The zero-order valence-corrected chi connectivity index (χ0v) is 18.4. The highest BCUT2D eigenvalue weighted by atomic mass is 32.1. The van der Waals surface area contributed by atoms with E-state index in [2.05, 4.69) is 5.32 Å². The Labute approximate surface area is 186 Å². The topological polar surface area (TPSA) is 52.7 Å². The molecule has 2 aromatic carbocycles. The van der Waals surface area contributed by atoms with E-state index in [0.717, 1.165) is 43.5 Å². The van der Waals surface area contributed by atoms with Gasteiger partial charge in [0.25, 0.3) is 11.8 Å². The Morgan fingerprint density at radius 3 is 2.45 bits per heavy atom. The number of benzene rings is 2. The zero-order chi connectivity index (χ0) is 22.1. The van der Waals surface area contributed by atoms with Crippen LogP contribution >= 0.6 is 12.2 Å². The number of carbonyl (C=O) groups excluding carboxylic acids is 2. The molecule has 2 heterocycles. The summed E-state index contributed by atoms with van der Waals surface area (Å²) >= 11 is 5.27. The van der Waals surface area contributed by atoms with Gasteiger partial charge in [-0.25, -0.2) is 4.39 Å². The van der Waals surface area contributed by atoms with E-state index in [4.69, 9.17) is 12.2 Å². The number of thiocarbonyl (C=S) groups is 1. The predicted molar refractivity (Wildman–Crippen MR) is 125 cm³/mol. The highest BCUT2D eigenvalue weighted by molar-refractivity contribution is 7.80. The summed E-state index contributed by atoms with van der Waals surface area (Å²) in [7, 11) is 0. The summed E-state index contributed by atoms with van der Waals surface area (Å²) in [5, 5.41) is 2.62. The molecule has 2 fully saturated rings. The summed E-state index contributed by atoms with van der Waals surface area (Å²) < 4.78 is 14.8. The first-order valence-electron chi connectivity index (χ1n) is 10.4. The molecule has 0 aliphatic carbocycles. The fourth-order valence-corrected chi connectivity index (χ4v) is 4.28. The van der Waals surface area contributed by atoms with Crippen LogP contribution in [0.3, 0.4) is 0 Å². The van der Waals surface area contributed by atoms with Crippen LogP contribution in [-0.2, 0) is 9.59 Å². The molecule has 2 amide bonds. The maximum Gasteiger partial charge on any atom is 0.270 e. The van der Waals surface area contributed by atoms with Crippen LogP contribution in [0.5, 0.6) is 0 Å². The van der Waals surface area contributed by atoms with Crippen LogP contribution in [-0.4, -0.2) is 30.0 Å². The van der Waals surface area contributed by atoms with Gasteiger partial charge in [-0.1, -0.05) is 18.2 Å². The first kappa shape index (κ1) is 21.2. The number of hydrogen-bond acceptors (Lipinski definition) is 4. The van der Waals surface area contributed by atoms with Crippen molar-refractivity contribution in [1.29, 1.82) is 0 Å². The Bertz CT molecular complexity index is 1110. The summed E-state index contributed by atoms with van der Waals surface area (Å²) in [6, 6.07) is 10.5. The van der Waals surface area contributed by atoms with Gasteiger partial charge in [-0.3, -0.25) is 19.8 Å². The summed E-state index contributed by atoms with van der Waals surface area (Å²) in [6.07, 6.45) is 4.68. The van der Waals surface area contributed by atoms with Gasteiger partial charge in [0.05, 0.1) is 11.4 Å². The molecular weight excluding hydrogens is 413 g/mol. The van der Waals surface area contributed by atoms with Gasteiger partial charge in [-0.2, -0.15) is 0 Å². The molecule has 0 bridgehead atoms. The largest absolute Gasteiger partial charge is 0.369 e. The molecule has 2 aliphatic heterocycles. The minimum Gasteiger partial charge on any atom is -0.369 e. The molecule has 0 spiro atoms. The van der Waals surface area contributed by atoms with Crippen LogP contribution in [0.15, 0.2) is 42.0 Å². The second-order valence-electron chi connectivity index (χ2n) is 8.01. The van der Waals surface area contributed by atoms with Crippen LogP contribution in [0, 0.1) is 19.7 Å². The number of nitrogens with one attached hydrogen (secondary N) is 1. The fourth-order valence-electron chi connectivity index (χ4n) is 4.01. The Balaban J connectivity index is 1.67. The highest BCUT2D eigenvalue weighted by Crippen LogP contribution is 2.28. The number of amides is 2. The van der Waals surface area contributed by atoms with Gasteiger partial charge in [0, 0.05) is 13.1 Å². The van der Waals surface area contributed by atoms with Crippen LogP contribution in [0.1, 0.15) is 36.0 Å². The molecular formula is C24H24FN3O2S. The van der Waals surface area contributed by atoms with Crippen LogP contribution in [0.2, 0.25) is 0 Å². The minimum atomic E-state index is -0.586. The van der Waals surface area contributed by atoms with Crippen LogP contribution in [0.25, 0.3) is 6.08 Å². The lowest BCUT2D eigenvalue weighted by Crippen LogP contribution is -2.54. The Morgan fingerprint density at radius 2 is 1.74 bits per heavy atom. The third-order valence-electron chi connectivity index (χ3n) is 5.69. The fraction of sp³-hybridized carbons (Fsp3) is 0.292. The Hall–Kier alpha value is -3.06. The lowest BCUT2D eigenvalue weighted by molar-refractivity contribution is -0.122. The van der Waals surface area contributed by atoms with E-state index in [1.807, 2.05) is 36.9 Å². The zero-order valence-electron chi connectivity index (χ0n) is 17.6. The maximum absolute atomic E-state index is 14.8. The Kier molecular flexibility index (Phi) is 5.87. The first-order valence-corrected chi connectivity index (χ1v) is 10.8. The van der Waals surface area contributed by atoms with Gasteiger partial charge in [-0.05, 0) is 86.3 Å². The van der Waals surface area contributed by atoms with Gasteiger partial charge >= 0.3 is 0 Å². The summed E-state index contributed by atoms with van der Waals surface area (Å²) in [5.41, 5.74) is 3.36. The van der Waals surface area contributed by atoms with Crippen molar-refractivity contribution < 1.29 is 14.0 Å². The SMILES string of the molecule is Cc1ccc(C)c(N2C(=O)/C(=C/c3ccc(N4CCCCC4)c(F)c3)C(=O)NC2=S)c1. The second-order valence-corrected chi connectivity index (χ2v) is 8.39. The molecule has 0 atom stereocenters. The highest BCUT2D eigenvalue weighted by Gasteiger charge is 2.35. The van der Waals surface area contributed by atoms with E-state index >= 15 is 0 Å². The van der Waals surface area contributed by atoms with Crippen LogP contribution < -0.4 is 15.1 Å². The number of anilines is 2. The molecule has 31 heavy (non-hydrogen) atoms. The van der Waals surface area contributed by atoms with E-state index in [1.54, 1.807) is 12.1 Å². The smallest absolute Gasteiger partial charge is 0.270 e. The normalized spacial score (nSPS) is 18.5. The van der Waals surface area contributed by atoms with Gasteiger partial charge in [0.15, 0.2) is 5.11 Å². The number of halogens is 1. The summed E-state index contributed by atoms with van der Waals surface area (Å²) in [6.45, 7) is 5.46. The first-order chi connectivity index (χ1) is 14.8.